The van der Waals surface area contributed by atoms with Crippen molar-refractivity contribution in [1.29, 1.82) is 0 Å². The summed E-state index contributed by atoms with van der Waals surface area (Å²) < 4.78 is 12.8. The molecule has 1 heterocycles. The Morgan fingerprint density at radius 2 is 1.94 bits per heavy atom. The van der Waals surface area contributed by atoms with Crippen LogP contribution in [-0.2, 0) is 0 Å². The Morgan fingerprint density at radius 3 is 2.44 bits per heavy atom. The first-order chi connectivity index (χ1) is 7.58. The molecule has 0 fully saturated rings. The molecule has 0 aliphatic heterocycles. The van der Waals surface area contributed by atoms with Gasteiger partial charge in [-0.3, -0.25) is 0 Å². The first kappa shape index (κ1) is 11.2. The highest BCUT2D eigenvalue weighted by atomic mass is 32.1. The number of aliphatic hydroxyl groups is 1. The largest absolute Gasteiger partial charge is 0.388 e. The molecule has 1 aromatic heterocycles. The molecule has 2 nitrogen and oxygen atoms in total. The van der Waals surface area contributed by atoms with Crippen LogP contribution in [0.4, 0.5) is 4.39 Å². The first-order valence-corrected chi connectivity index (χ1v) is 5.81. The predicted molar refractivity (Wildman–Crippen MR) is 62.9 cm³/mol. The highest BCUT2D eigenvalue weighted by Crippen LogP contribution is 2.31. The molecule has 0 aliphatic rings. The molecule has 1 N–H and O–H groups in total. The molecule has 0 aliphatic carbocycles. The van der Waals surface area contributed by atoms with E-state index in [9.17, 15) is 9.50 Å². The van der Waals surface area contributed by atoms with Gasteiger partial charge in [-0.2, -0.15) is 0 Å². The maximum Gasteiger partial charge on any atom is 0.123 e. The zero-order valence-corrected chi connectivity index (χ0v) is 9.88. The molecule has 0 amide bonds. The highest BCUT2D eigenvalue weighted by molar-refractivity contribution is 7.15. The number of hydrogen-bond donors (Lipinski definition) is 1. The van der Waals surface area contributed by atoms with Crippen LogP contribution in [0.25, 0.3) is 10.6 Å². The van der Waals surface area contributed by atoms with E-state index in [1.54, 1.807) is 19.1 Å². The van der Waals surface area contributed by atoms with Crippen LogP contribution in [0.1, 0.15) is 23.6 Å². The number of aryl methyl sites for hydroxylation is 1. The molecule has 0 spiro atoms. The Labute approximate surface area is 97.4 Å². The first-order valence-electron chi connectivity index (χ1n) is 4.99. The van der Waals surface area contributed by atoms with Gasteiger partial charge in [0, 0.05) is 5.56 Å². The summed E-state index contributed by atoms with van der Waals surface area (Å²) in [6, 6.07) is 6.21. The molecule has 16 heavy (non-hydrogen) atoms. The molecular formula is C12H12FNOS. The van der Waals surface area contributed by atoms with Crippen molar-refractivity contribution in [2.75, 3.05) is 0 Å². The van der Waals surface area contributed by atoms with Crippen LogP contribution in [0.5, 0.6) is 0 Å². The maximum absolute atomic E-state index is 12.8. The van der Waals surface area contributed by atoms with Gasteiger partial charge in [0.1, 0.15) is 10.8 Å². The standard InChI is InChI=1S/C12H12FNOS/c1-7-11(8(2)15)16-12(14-7)9-3-5-10(13)6-4-9/h3-6,8,15H,1-2H3. The van der Waals surface area contributed by atoms with Crippen LogP contribution in [0, 0.1) is 12.7 Å². The lowest BCUT2D eigenvalue weighted by Crippen LogP contribution is -1.88. The maximum atomic E-state index is 12.8. The van der Waals surface area contributed by atoms with Crippen LogP contribution in [-0.4, -0.2) is 10.1 Å². The number of hydrogen-bond acceptors (Lipinski definition) is 3. The number of aliphatic hydroxyl groups excluding tert-OH is 1. The lowest BCUT2D eigenvalue weighted by atomic mass is 10.2. The molecule has 2 aromatic rings. The van der Waals surface area contributed by atoms with E-state index in [4.69, 9.17) is 0 Å². The summed E-state index contributed by atoms with van der Waals surface area (Å²) in [6.45, 7) is 3.58. The number of halogens is 1. The second kappa shape index (κ2) is 4.31. The predicted octanol–water partition coefficient (Wildman–Crippen LogP) is 3.31. The van der Waals surface area contributed by atoms with Gasteiger partial charge in [0.05, 0.1) is 16.7 Å². The van der Waals surface area contributed by atoms with E-state index in [1.165, 1.54) is 23.5 Å². The molecular weight excluding hydrogens is 225 g/mol. The summed E-state index contributed by atoms with van der Waals surface area (Å²) in [6.07, 6.45) is -0.508. The normalized spacial score (nSPS) is 12.8. The van der Waals surface area contributed by atoms with Gasteiger partial charge in [0.25, 0.3) is 0 Å². The minimum absolute atomic E-state index is 0.257. The SMILES string of the molecule is Cc1nc(-c2ccc(F)cc2)sc1C(C)O. The summed E-state index contributed by atoms with van der Waals surface area (Å²) in [5, 5.41) is 10.3. The topological polar surface area (TPSA) is 33.1 Å². The molecule has 1 atom stereocenters. The van der Waals surface area contributed by atoms with Crippen LogP contribution >= 0.6 is 11.3 Å². The van der Waals surface area contributed by atoms with Crippen molar-refractivity contribution in [3.8, 4) is 10.6 Å². The molecule has 84 valence electrons. The van der Waals surface area contributed by atoms with Gasteiger partial charge in [-0.25, -0.2) is 9.37 Å². The molecule has 1 aromatic carbocycles. The monoisotopic (exact) mass is 237 g/mol. The Balaban J connectivity index is 2.41. The van der Waals surface area contributed by atoms with Crippen LogP contribution < -0.4 is 0 Å². The molecule has 0 saturated heterocycles. The number of benzene rings is 1. The van der Waals surface area contributed by atoms with Crippen molar-refractivity contribution in [2.24, 2.45) is 0 Å². The fraction of sp³-hybridized carbons (Fsp3) is 0.250. The summed E-state index contributed by atoms with van der Waals surface area (Å²) in [5.41, 5.74) is 1.71. The second-order valence-corrected chi connectivity index (χ2v) is 4.68. The van der Waals surface area contributed by atoms with E-state index in [-0.39, 0.29) is 5.82 Å². The van der Waals surface area contributed by atoms with Crippen molar-refractivity contribution in [3.63, 3.8) is 0 Å². The van der Waals surface area contributed by atoms with Crippen molar-refractivity contribution in [3.05, 3.63) is 40.7 Å². The van der Waals surface area contributed by atoms with E-state index in [1.807, 2.05) is 6.92 Å². The molecule has 2 rings (SSSR count). The average Bonchev–Trinajstić information content (AvgIpc) is 2.61. The van der Waals surface area contributed by atoms with E-state index >= 15 is 0 Å². The minimum atomic E-state index is -0.508. The fourth-order valence-corrected chi connectivity index (χ4v) is 2.52. The Hall–Kier alpha value is -1.26. The van der Waals surface area contributed by atoms with Gasteiger partial charge in [-0.15, -0.1) is 11.3 Å². The third kappa shape index (κ3) is 2.13. The smallest absolute Gasteiger partial charge is 0.123 e. The zero-order chi connectivity index (χ0) is 11.7. The number of thiazole rings is 1. The average molecular weight is 237 g/mol. The van der Waals surface area contributed by atoms with Gasteiger partial charge in [0.15, 0.2) is 0 Å². The van der Waals surface area contributed by atoms with Gasteiger partial charge < -0.3 is 5.11 Å². The minimum Gasteiger partial charge on any atom is -0.388 e. The van der Waals surface area contributed by atoms with Crippen molar-refractivity contribution < 1.29 is 9.50 Å². The van der Waals surface area contributed by atoms with Crippen molar-refractivity contribution >= 4 is 11.3 Å². The number of nitrogens with zero attached hydrogens (tertiary/aromatic N) is 1. The molecule has 0 radical (unpaired) electrons. The lowest BCUT2D eigenvalue weighted by Gasteiger charge is -1.98. The Bertz CT molecular complexity index is 490. The second-order valence-electron chi connectivity index (χ2n) is 3.65. The van der Waals surface area contributed by atoms with Gasteiger partial charge >= 0.3 is 0 Å². The summed E-state index contributed by atoms with van der Waals surface area (Å²) in [7, 11) is 0. The zero-order valence-electron chi connectivity index (χ0n) is 9.07. The van der Waals surface area contributed by atoms with Gasteiger partial charge in [0.2, 0.25) is 0 Å². The molecule has 0 saturated carbocycles. The fourth-order valence-electron chi connectivity index (χ4n) is 1.51. The van der Waals surface area contributed by atoms with Crippen LogP contribution in [0.2, 0.25) is 0 Å². The molecule has 0 bridgehead atoms. The van der Waals surface area contributed by atoms with Crippen molar-refractivity contribution in [1.82, 2.24) is 4.98 Å². The van der Waals surface area contributed by atoms with Crippen molar-refractivity contribution in [2.45, 2.75) is 20.0 Å². The quantitative estimate of drug-likeness (QED) is 0.869. The third-order valence-corrected chi connectivity index (χ3v) is 3.68. The van der Waals surface area contributed by atoms with Crippen LogP contribution in [0.15, 0.2) is 24.3 Å². The highest BCUT2D eigenvalue weighted by Gasteiger charge is 2.12. The van der Waals surface area contributed by atoms with E-state index in [0.717, 1.165) is 21.1 Å². The molecule has 1 unspecified atom stereocenters. The third-order valence-electron chi connectivity index (χ3n) is 2.30. The summed E-state index contributed by atoms with van der Waals surface area (Å²) >= 11 is 1.44. The molecule has 4 heteroatoms. The van der Waals surface area contributed by atoms with Gasteiger partial charge in [-0.1, -0.05) is 0 Å². The van der Waals surface area contributed by atoms with Gasteiger partial charge in [-0.05, 0) is 38.1 Å². The summed E-state index contributed by atoms with van der Waals surface area (Å²) in [4.78, 5) is 5.23. The van der Waals surface area contributed by atoms with E-state index in [2.05, 4.69) is 4.98 Å². The lowest BCUT2D eigenvalue weighted by molar-refractivity contribution is 0.202. The number of rotatable bonds is 2. The Morgan fingerprint density at radius 1 is 1.31 bits per heavy atom. The van der Waals surface area contributed by atoms with E-state index in [0.29, 0.717) is 0 Å². The van der Waals surface area contributed by atoms with E-state index < -0.39 is 6.10 Å². The Kier molecular flexibility index (Phi) is 3.03. The van der Waals surface area contributed by atoms with Crippen LogP contribution in [0.3, 0.4) is 0 Å². The number of aromatic nitrogens is 1. The summed E-state index contributed by atoms with van der Waals surface area (Å²) in [5.74, 6) is -0.257.